The summed E-state index contributed by atoms with van der Waals surface area (Å²) in [5.74, 6) is 0.164. The number of hydrogen-bond donors (Lipinski definition) is 2. The Morgan fingerprint density at radius 2 is 1.71 bits per heavy atom. The van der Waals surface area contributed by atoms with Crippen LogP contribution in [0.4, 0.5) is 0 Å². The Bertz CT molecular complexity index is 464. The third-order valence-electron chi connectivity index (χ3n) is 6.64. The number of Topliss-reactive ketones (excluding diaryl/α,β-unsaturated/α-hetero) is 1. The molecule has 0 heterocycles. The smallest absolute Gasteiger partial charge is 0.314 e. The lowest BCUT2D eigenvalue weighted by molar-refractivity contribution is -0.187. The summed E-state index contributed by atoms with van der Waals surface area (Å²) in [6.07, 6.45) is 13.3. The van der Waals surface area contributed by atoms with Crippen LogP contribution < -0.4 is 0 Å². The highest BCUT2D eigenvalue weighted by molar-refractivity contribution is 5.83. The fourth-order valence-electron chi connectivity index (χ4n) is 4.54. The van der Waals surface area contributed by atoms with Crippen molar-refractivity contribution in [1.29, 1.82) is 0 Å². The first-order valence-electron chi connectivity index (χ1n) is 11.3. The second-order valence-electron chi connectivity index (χ2n) is 8.84. The van der Waals surface area contributed by atoms with Gasteiger partial charge in [0.25, 0.3) is 0 Å². The van der Waals surface area contributed by atoms with Crippen LogP contribution in [0.5, 0.6) is 0 Å². The molecule has 5 nitrogen and oxygen atoms in total. The van der Waals surface area contributed by atoms with Gasteiger partial charge >= 0.3 is 5.97 Å². The number of ketones is 1. The summed E-state index contributed by atoms with van der Waals surface area (Å²) in [7, 11) is 1.32. The molecule has 0 bridgehead atoms. The van der Waals surface area contributed by atoms with Crippen LogP contribution in [-0.2, 0) is 14.3 Å². The van der Waals surface area contributed by atoms with Crippen molar-refractivity contribution < 1.29 is 24.5 Å². The van der Waals surface area contributed by atoms with Gasteiger partial charge in [0.2, 0.25) is 0 Å². The van der Waals surface area contributed by atoms with Crippen molar-refractivity contribution in [3.63, 3.8) is 0 Å². The molecule has 0 aromatic heterocycles. The minimum absolute atomic E-state index is 0.214. The monoisotopic (exact) mass is 398 g/mol. The maximum Gasteiger partial charge on any atom is 0.314 e. The lowest BCUT2D eigenvalue weighted by atomic mass is 9.82. The first kappa shape index (κ1) is 25.1. The van der Waals surface area contributed by atoms with Gasteiger partial charge in [0.05, 0.1) is 0 Å². The van der Waals surface area contributed by atoms with Crippen LogP contribution in [0.1, 0.15) is 104 Å². The number of hydrogen-bond acceptors (Lipinski definition) is 4. The Balaban J connectivity index is 2.29. The van der Waals surface area contributed by atoms with Gasteiger partial charge in [-0.2, -0.15) is 0 Å². The summed E-state index contributed by atoms with van der Waals surface area (Å²) >= 11 is 0. The van der Waals surface area contributed by atoms with Crippen molar-refractivity contribution in [2.24, 2.45) is 17.3 Å². The average molecular weight is 399 g/mol. The topological polar surface area (TPSA) is 83.8 Å². The lowest BCUT2D eigenvalue weighted by Gasteiger charge is -2.29. The number of carbonyl (C=O) groups excluding carboxylic acids is 1. The van der Waals surface area contributed by atoms with Crippen LogP contribution in [0.25, 0.3) is 0 Å². The number of carboxylic acid groups (broad SMARTS) is 1. The van der Waals surface area contributed by atoms with Crippen LogP contribution in [0.3, 0.4) is 0 Å². The van der Waals surface area contributed by atoms with Gasteiger partial charge in [-0.05, 0) is 38.5 Å². The van der Waals surface area contributed by atoms with Gasteiger partial charge in [-0.15, -0.1) is 0 Å². The summed E-state index contributed by atoms with van der Waals surface area (Å²) in [6, 6.07) is 0. The zero-order valence-electron chi connectivity index (χ0n) is 18.3. The van der Waals surface area contributed by atoms with E-state index in [0.717, 1.165) is 32.1 Å². The molecular formula is C23H42O5. The molecule has 1 fully saturated rings. The summed E-state index contributed by atoms with van der Waals surface area (Å²) < 4.78 is 4.84. The second-order valence-corrected chi connectivity index (χ2v) is 8.84. The maximum absolute atomic E-state index is 12.3. The number of aliphatic hydroxyl groups is 1. The highest BCUT2D eigenvalue weighted by Gasteiger charge is 2.40. The maximum atomic E-state index is 12.3. The van der Waals surface area contributed by atoms with Gasteiger partial charge in [0.15, 0.2) is 6.29 Å². The van der Waals surface area contributed by atoms with Crippen LogP contribution in [0.15, 0.2) is 0 Å². The molecule has 164 valence electrons. The Hall–Kier alpha value is -0.940. The van der Waals surface area contributed by atoms with E-state index in [1.165, 1.54) is 59.0 Å². The third kappa shape index (κ3) is 7.82. The zero-order chi connectivity index (χ0) is 21.0. The molecule has 5 heteroatoms. The minimum Gasteiger partial charge on any atom is -0.481 e. The minimum atomic E-state index is -1.30. The molecular weight excluding hydrogens is 356 g/mol. The van der Waals surface area contributed by atoms with E-state index in [0.29, 0.717) is 24.5 Å². The summed E-state index contributed by atoms with van der Waals surface area (Å²) in [5.41, 5.74) is -1.28. The first-order chi connectivity index (χ1) is 13.4. The largest absolute Gasteiger partial charge is 0.481 e. The molecule has 1 aliphatic rings. The second kappa shape index (κ2) is 13.3. The number of ether oxygens (including phenoxy) is 1. The van der Waals surface area contributed by atoms with Crippen molar-refractivity contribution in [3.05, 3.63) is 0 Å². The standard InChI is InChI=1S/C23H42O5/c1-4-5-6-7-8-10-13-18-15-16-20(24)19(18)14-11-9-12-17-23(2,21(25)26)22(27)28-3/h18-19,22,27H,4-17H2,1-3H3,(H,25,26)/t18-,19+,22?,23?/m0/s1. The highest BCUT2D eigenvalue weighted by Crippen LogP contribution is 2.37. The van der Waals surface area contributed by atoms with E-state index in [1.807, 2.05) is 0 Å². The van der Waals surface area contributed by atoms with Gasteiger partial charge < -0.3 is 14.9 Å². The molecule has 0 aromatic rings. The number of aliphatic carboxylic acids is 1. The number of unbranched alkanes of at least 4 members (excludes halogenated alkanes) is 7. The van der Waals surface area contributed by atoms with Gasteiger partial charge in [-0.3, -0.25) is 9.59 Å². The quantitative estimate of drug-likeness (QED) is 0.271. The summed E-state index contributed by atoms with van der Waals surface area (Å²) in [4.78, 5) is 23.8. The van der Waals surface area contributed by atoms with Gasteiger partial charge in [-0.25, -0.2) is 0 Å². The number of rotatable bonds is 16. The Morgan fingerprint density at radius 1 is 1.11 bits per heavy atom. The molecule has 1 aliphatic carbocycles. The molecule has 2 N–H and O–H groups in total. The number of methoxy groups -OCH3 is 1. The first-order valence-corrected chi connectivity index (χ1v) is 11.3. The average Bonchev–Trinajstić information content (AvgIpc) is 3.02. The predicted molar refractivity (Wildman–Crippen MR) is 111 cm³/mol. The number of carboxylic acids is 1. The Kier molecular flexibility index (Phi) is 11.9. The SMILES string of the molecule is CCCCCCCC[C@H]1CCC(=O)[C@@H]1CCCCCC(C)(C(=O)O)C(O)OC. The molecule has 2 unspecified atom stereocenters. The normalized spacial score (nSPS) is 22.9. The third-order valence-corrected chi connectivity index (χ3v) is 6.64. The highest BCUT2D eigenvalue weighted by atomic mass is 16.6. The molecule has 4 atom stereocenters. The fraction of sp³-hybridized carbons (Fsp3) is 0.913. The van der Waals surface area contributed by atoms with Crippen molar-refractivity contribution in [3.8, 4) is 0 Å². The molecule has 0 aliphatic heterocycles. The Morgan fingerprint density at radius 3 is 2.36 bits per heavy atom. The number of carbonyl (C=O) groups is 2. The molecule has 0 amide bonds. The molecule has 1 rings (SSSR count). The van der Waals surface area contributed by atoms with Crippen LogP contribution in [0.2, 0.25) is 0 Å². The molecule has 28 heavy (non-hydrogen) atoms. The van der Waals surface area contributed by atoms with Gasteiger partial charge in [0, 0.05) is 19.4 Å². The summed E-state index contributed by atoms with van der Waals surface area (Å²) in [6.45, 7) is 3.76. The van der Waals surface area contributed by atoms with Crippen molar-refractivity contribution in [1.82, 2.24) is 0 Å². The van der Waals surface area contributed by atoms with E-state index >= 15 is 0 Å². The van der Waals surface area contributed by atoms with E-state index in [2.05, 4.69) is 6.92 Å². The predicted octanol–water partition coefficient (Wildman–Crippen LogP) is 5.34. The van der Waals surface area contributed by atoms with Gasteiger partial charge in [0.1, 0.15) is 11.2 Å². The van der Waals surface area contributed by atoms with Crippen molar-refractivity contribution in [2.75, 3.05) is 7.11 Å². The van der Waals surface area contributed by atoms with Crippen molar-refractivity contribution >= 4 is 11.8 Å². The fourth-order valence-corrected chi connectivity index (χ4v) is 4.54. The van der Waals surface area contributed by atoms with Crippen LogP contribution >= 0.6 is 0 Å². The molecule has 0 aromatic carbocycles. The molecule has 1 saturated carbocycles. The van der Waals surface area contributed by atoms with Crippen LogP contribution in [0, 0.1) is 17.3 Å². The van der Waals surface area contributed by atoms with E-state index < -0.39 is 17.7 Å². The van der Waals surface area contributed by atoms with Crippen LogP contribution in [-0.4, -0.2) is 35.4 Å². The zero-order valence-corrected chi connectivity index (χ0v) is 18.3. The molecule has 0 saturated heterocycles. The summed E-state index contributed by atoms with van der Waals surface area (Å²) in [5, 5.41) is 19.2. The number of aliphatic hydroxyl groups excluding tert-OH is 1. The van der Waals surface area contributed by atoms with E-state index in [9.17, 15) is 19.8 Å². The molecule has 0 radical (unpaired) electrons. The molecule has 0 spiro atoms. The van der Waals surface area contributed by atoms with E-state index in [-0.39, 0.29) is 5.92 Å². The van der Waals surface area contributed by atoms with E-state index in [1.54, 1.807) is 0 Å². The lowest BCUT2D eigenvalue weighted by Crippen LogP contribution is -2.41. The van der Waals surface area contributed by atoms with E-state index in [4.69, 9.17) is 4.74 Å². The van der Waals surface area contributed by atoms with Gasteiger partial charge in [-0.1, -0.05) is 64.7 Å². The van der Waals surface area contributed by atoms with Crippen molar-refractivity contribution in [2.45, 2.75) is 110 Å². The Labute approximate surface area is 171 Å².